The molecule has 2 heterocycles. The zero-order valence-corrected chi connectivity index (χ0v) is 13.4. The third-order valence-corrected chi connectivity index (χ3v) is 4.45. The van der Waals surface area contributed by atoms with E-state index >= 15 is 0 Å². The molecule has 1 aromatic carbocycles. The average molecular weight is 334 g/mol. The van der Waals surface area contributed by atoms with Gasteiger partial charge >= 0.3 is 5.97 Å². The van der Waals surface area contributed by atoms with Crippen molar-refractivity contribution in [2.45, 2.75) is 18.6 Å². The first-order valence-electron chi connectivity index (χ1n) is 7.74. The Balaban J connectivity index is 1.92. The number of aromatic nitrogens is 1. The van der Waals surface area contributed by atoms with Gasteiger partial charge in [0.05, 0.1) is 18.7 Å². The van der Waals surface area contributed by atoms with Gasteiger partial charge in [0.1, 0.15) is 0 Å². The van der Waals surface area contributed by atoms with Gasteiger partial charge in [-0.1, -0.05) is 18.2 Å². The molecule has 0 aliphatic carbocycles. The number of ether oxygens (including phenoxy) is 1. The van der Waals surface area contributed by atoms with E-state index in [2.05, 4.69) is 0 Å². The smallest absolute Gasteiger partial charge is 0.343 e. The predicted molar refractivity (Wildman–Crippen MR) is 85.8 cm³/mol. The molecule has 0 saturated carbocycles. The molecule has 1 N–H and O–H groups in total. The van der Waals surface area contributed by atoms with Gasteiger partial charge in [-0.3, -0.25) is 4.79 Å². The van der Waals surface area contributed by atoms with Crippen molar-refractivity contribution in [3.63, 3.8) is 0 Å². The lowest BCUT2D eigenvalue weighted by Gasteiger charge is -2.17. The van der Waals surface area contributed by atoms with Crippen LogP contribution in [-0.4, -0.2) is 58.9 Å². The van der Waals surface area contributed by atoms with Crippen molar-refractivity contribution in [1.82, 2.24) is 9.47 Å². The molecule has 0 bridgehead atoms. The van der Waals surface area contributed by atoms with Gasteiger partial charge in [0, 0.05) is 43.7 Å². The van der Waals surface area contributed by atoms with Gasteiger partial charge in [-0.2, -0.15) is 0 Å². The molecule has 1 aromatic heterocycles. The van der Waals surface area contributed by atoms with E-state index in [1.807, 2.05) is 28.8 Å². The van der Waals surface area contributed by atoms with Gasteiger partial charge in [0.2, 0.25) is 5.67 Å². The highest BCUT2D eigenvalue weighted by molar-refractivity contribution is 6.07. The van der Waals surface area contributed by atoms with Crippen LogP contribution in [0.3, 0.4) is 0 Å². The number of hydrogen-bond donors (Lipinski definition) is 1. The zero-order chi connectivity index (χ0) is 17.3. The number of methoxy groups -OCH3 is 1. The molecule has 1 saturated heterocycles. The van der Waals surface area contributed by atoms with Crippen LogP contribution in [0.25, 0.3) is 10.9 Å². The second-order valence-corrected chi connectivity index (χ2v) is 5.99. The van der Waals surface area contributed by atoms with Gasteiger partial charge < -0.3 is 19.3 Å². The zero-order valence-electron chi connectivity index (χ0n) is 13.4. The highest BCUT2D eigenvalue weighted by Crippen LogP contribution is 2.29. The van der Waals surface area contributed by atoms with Gasteiger partial charge in [-0.25, -0.2) is 9.18 Å². The number of rotatable bonds is 5. The fraction of sp³-hybridized carbons (Fsp3) is 0.412. The van der Waals surface area contributed by atoms with E-state index in [0.717, 1.165) is 10.9 Å². The lowest BCUT2D eigenvalue weighted by Crippen LogP contribution is -2.38. The molecule has 1 unspecified atom stereocenters. The molecule has 1 amide bonds. The highest BCUT2D eigenvalue weighted by Gasteiger charge is 2.47. The number of hydrogen-bond acceptors (Lipinski definition) is 3. The minimum Gasteiger partial charge on any atom is -0.479 e. The quantitative estimate of drug-likeness (QED) is 0.907. The van der Waals surface area contributed by atoms with Crippen molar-refractivity contribution in [2.75, 3.05) is 26.8 Å². The van der Waals surface area contributed by atoms with Crippen molar-refractivity contribution in [3.8, 4) is 0 Å². The Kier molecular flexibility index (Phi) is 4.28. The van der Waals surface area contributed by atoms with E-state index in [9.17, 15) is 14.0 Å². The van der Waals surface area contributed by atoms with Crippen molar-refractivity contribution < 1.29 is 23.8 Å². The van der Waals surface area contributed by atoms with Crippen LogP contribution in [0.5, 0.6) is 0 Å². The van der Waals surface area contributed by atoms with E-state index in [1.54, 1.807) is 13.3 Å². The van der Waals surface area contributed by atoms with Gasteiger partial charge in [-0.15, -0.1) is 0 Å². The number of carboxylic acids is 1. The number of carboxylic acid groups (broad SMARTS) is 1. The number of fused-ring (bicyclic) bond motifs is 1. The maximum Gasteiger partial charge on any atom is 0.343 e. The molecule has 6 nitrogen and oxygen atoms in total. The fourth-order valence-corrected chi connectivity index (χ4v) is 3.08. The first-order chi connectivity index (χ1) is 11.5. The topological polar surface area (TPSA) is 71.8 Å². The number of nitrogens with zero attached hydrogens (tertiary/aromatic N) is 2. The molecule has 1 atom stereocenters. The van der Waals surface area contributed by atoms with Crippen LogP contribution >= 0.6 is 0 Å². The summed E-state index contributed by atoms with van der Waals surface area (Å²) in [6, 6.07) is 7.46. The molecule has 0 spiro atoms. The number of carbonyl (C=O) groups excluding carboxylic acids is 1. The molecular formula is C17H19FN2O4. The number of benzene rings is 1. The summed E-state index contributed by atoms with van der Waals surface area (Å²) in [5, 5.41) is 9.75. The normalized spacial score (nSPS) is 20.7. The highest BCUT2D eigenvalue weighted by atomic mass is 19.1. The van der Waals surface area contributed by atoms with Crippen molar-refractivity contribution in [1.29, 1.82) is 0 Å². The molecule has 1 aliphatic heterocycles. The summed E-state index contributed by atoms with van der Waals surface area (Å²) in [6.07, 6.45) is 1.54. The predicted octanol–water partition coefficient (Wildman–Crippen LogP) is 1.93. The van der Waals surface area contributed by atoms with Gasteiger partial charge in [0.15, 0.2) is 0 Å². The molecule has 0 radical (unpaired) electrons. The van der Waals surface area contributed by atoms with E-state index in [0.29, 0.717) is 18.7 Å². The van der Waals surface area contributed by atoms with Crippen molar-refractivity contribution in [2.24, 2.45) is 0 Å². The molecule has 7 heteroatoms. The van der Waals surface area contributed by atoms with Crippen molar-refractivity contribution >= 4 is 22.8 Å². The number of para-hydroxylation sites is 1. The largest absolute Gasteiger partial charge is 0.479 e. The number of amides is 1. The Morgan fingerprint density at radius 2 is 2.12 bits per heavy atom. The molecule has 2 aromatic rings. The summed E-state index contributed by atoms with van der Waals surface area (Å²) in [5.41, 5.74) is -1.01. The maximum atomic E-state index is 14.2. The lowest BCUT2D eigenvalue weighted by atomic mass is 10.1. The molecule has 1 fully saturated rings. The van der Waals surface area contributed by atoms with Gasteiger partial charge in [-0.05, 0) is 6.07 Å². The number of alkyl halides is 1. The van der Waals surface area contributed by atoms with E-state index in [4.69, 9.17) is 9.84 Å². The first-order valence-corrected chi connectivity index (χ1v) is 7.74. The summed E-state index contributed by atoms with van der Waals surface area (Å²) in [5.74, 6) is -1.86. The van der Waals surface area contributed by atoms with Crippen LogP contribution < -0.4 is 0 Å². The fourth-order valence-electron chi connectivity index (χ4n) is 3.08. The molecule has 128 valence electrons. The van der Waals surface area contributed by atoms with Crippen LogP contribution in [0.15, 0.2) is 30.5 Å². The van der Waals surface area contributed by atoms with Crippen LogP contribution in [0.2, 0.25) is 0 Å². The Bertz CT molecular complexity index is 788. The maximum absolute atomic E-state index is 14.2. The van der Waals surface area contributed by atoms with Crippen molar-refractivity contribution in [3.05, 3.63) is 36.0 Å². The second kappa shape index (κ2) is 6.24. The van der Waals surface area contributed by atoms with E-state index < -0.39 is 18.2 Å². The van der Waals surface area contributed by atoms with Crippen LogP contribution in [0.4, 0.5) is 4.39 Å². The number of likely N-dealkylation sites (tertiary alicyclic amines) is 1. The van der Waals surface area contributed by atoms with Crippen LogP contribution in [0.1, 0.15) is 16.8 Å². The summed E-state index contributed by atoms with van der Waals surface area (Å²) < 4.78 is 21.2. The minimum atomic E-state index is -2.36. The minimum absolute atomic E-state index is 0.0964. The van der Waals surface area contributed by atoms with Gasteiger partial charge in [0.25, 0.3) is 5.91 Å². The Labute approximate surface area is 138 Å². The SMILES string of the molecule is COCCn1cc(C(=O)N2CCC(F)(C(=O)O)C2)c2ccccc21. The Morgan fingerprint density at radius 1 is 1.38 bits per heavy atom. The molecule has 3 rings (SSSR count). The second-order valence-electron chi connectivity index (χ2n) is 5.99. The molecule has 24 heavy (non-hydrogen) atoms. The summed E-state index contributed by atoms with van der Waals surface area (Å²) in [6.45, 7) is 0.771. The Morgan fingerprint density at radius 3 is 2.79 bits per heavy atom. The summed E-state index contributed by atoms with van der Waals surface area (Å²) in [7, 11) is 1.61. The standard InChI is InChI=1S/C17H19FN2O4/c1-24-9-8-19-10-13(12-4-2-3-5-14(12)19)15(21)20-7-6-17(18,11-20)16(22)23/h2-5,10H,6-9,11H2,1H3,(H,22,23). The number of carbonyl (C=O) groups is 2. The number of aliphatic carboxylic acids is 1. The third-order valence-electron chi connectivity index (χ3n) is 4.45. The van der Waals surface area contributed by atoms with E-state index in [1.165, 1.54) is 4.90 Å². The first kappa shape index (κ1) is 16.4. The van der Waals surface area contributed by atoms with E-state index in [-0.39, 0.29) is 18.9 Å². The van der Waals surface area contributed by atoms with Crippen LogP contribution in [-0.2, 0) is 16.1 Å². The monoisotopic (exact) mass is 334 g/mol. The molecular weight excluding hydrogens is 315 g/mol. The lowest BCUT2D eigenvalue weighted by molar-refractivity contribution is -0.149. The third kappa shape index (κ3) is 2.75. The van der Waals surface area contributed by atoms with Crippen LogP contribution in [0, 0.1) is 0 Å². The number of halogens is 1. The Hall–Kier alpha value is -2.41. The average Bonchev–Trinajstić information content (AvgIpc) is 3.15. The summed E-state index contributed by atoms with van der Waals surface area (Å²) in [4.78, 5) is 25.1. The molecule has 1 aliphatic rings. The summed E-state index contributed by atoms with van der Waals surface area (Å²) >= 11 is 0.